The van der Waals surface area contributed by atoms with E-state index in [1.807, 2.05) is 0 Å². The van der Waals surface area contributed by atoms with Gasteiger partial charge >= 0.3 is 6.03 Å². The molecule has 0 spiro atoms. The van der Waals surface area contributed by atoms with Gasteiger partial charge in [0.25, 0.3) is 5.91 Å². The molecule has 0 bridgehead atoms. The molecule has 6 rings (SSSR count). The van der Waals surface area contributed by atoms with Crippen LogP contribution in [0.4, 0.5) is 19.3 Å². The molecule has 2 aliphatic rings. The van der Waals surface area contributed by atoms with E-state index in [9.17, 15) is 28.0 Å². The number of hydrogen-bond donors (Lipinski definition) is 3. The highest BCUT2D eigenvalue weighted by atomic mass is 35.5. The Morgan fingerprint density at radius 3 is 2.41 bits per heavy atom. The van der Waals surface area contributed by atoms with Gasteiger partial charge in [0.1, 0.15) is 18.2 Å². The van der Waals surface area contributed by atoms with Crippen molar-refractivity contribution >= 4 is 51.9 Å². The Balaban J connectivity index is 1.08. The van der Waals surface area contributed by atoms with Crippen LogP contribution < -0.4 is 16.4 Å². The second kappa shape index (κ2) is 14.6. The summed E-state index contributed by atoms with van der Waals surface area (Å²) in [5.41, 5.74) is 7.67. The zero-order valence-corrected chi connectivity index (χ0v) is 27.3. The summed E-state index contributed by atoms with van der Waals surface area (Å²) < 4.78 is 28.8. The number of anilines is 1. The third-order valence-corrected chi connectivity index (χ3v) is 8.92. The molecule has 1 aliphatic carbocycles. The van der Waals surface area contributed by atoms with Crippen molar-refractivity contribution < 1.29 is 28.0 Å². The van der Waals surface area contributed by atoms with Crippen LogP contribution in [0.1, 0.15) is 34.5 Å². The number of urea groups is 1. The molecule has 1 aromatic heterocycles. The van der Waals surface area contributed by atoms with Crippen molar-refractivity contribution in [2.24, 2.45) is 5.73 Å². The average Bonchev–Trinajstić information content (AvgIpc) is 3.87. The number of hydrogen-bond acceptors (Lipinski definition) is 6. The summed E-state index contributed by atoms with van der Waals surface area (Å²) in [6.07, 6.45) is 1.47. The molecule has 0 radical (unpaired) electrons. The first-order valence-electron chi connectivity index (χ1n) is 15.9. The molecular formula is C34H35ClF2N8O4. The number of halogens is 3. The minimum absolute atomic E-state index is 0.0489. The Bertz CT molecular complexity index is 1890. The highest BCUT2D eigenvalue weighted by Crippen LogP contribution is 2.28. The summed E-state index contributed by atoms with van der Waals surface area (Å²) in [6, 6.07) is 15.3. The highest BCUT2D eigenvalue weighted by molar-refractivity contribution is 6.30. The van der Waals surface area contributed by atoms with Crippen molar-refractivity contribution in [2.45, 2.75) is 38.5 Å². The molecule has 49 heavy (non-hydrogen) atoms. The lowest BCUT2D eigenvalue weighted by Gasteiger charge is -2.34. The summed E-state index contributed by atoms with van der Waals surface area (Å²) in [5.74, 6) is -2.55. The molecule has 4 N–H and O–H groups in total. The molecule has 3 aromatic carbocycles. The number of nitrogens with one attached hydrogen (secondary N) is 2. The van der Waals surface area contributed by atoms with Crippen molar-refractivity contribution in [1.82, 2.24) is 29.8 Å². The first-order valence-corrected chi connectivity index (χ1v) is 16.3. The zero-order valence-electron chi connectivity index (χ0n) is 26.5. The molecule has 1 aliphatic heterocycles. The lowest BCUT2D eigenvalue weighted by atomic mass is 10.1. The normalized spacial score (nSPS) is 14.9. The minimum Gasteiger partial charge on any atom is -0.364 e. The number of amides is 5. The predicted octanol–water partition coefficient (Wildman–Crippen LogP) is 3.72. The predicted molar refractivity (Wildman–Crippen MR) is 179 cm³/mol. The van der Waals surface area contributed by atoms with Crippen molar-refractivity contribution in [3.63, 3.8) is 0 Å². The van der Waals surface area contributed by atoms with Gasteiger partial charge in [0, 0.05) is 61.9 Å². The number of rotatable bonds is 11. The molecular weight excluding hydrogens is 658 g/mol. The molecule has 256 valence electrons. The smallest absolute Gasteiger partial charge is 0.321 e. The van der Waals surface area contributed by atoms with Crippen LogP contribution >= 0.6 is 11.6 Å². The average molecular weight is 693 g/mol. The number of carbonyl (C=O) groups is 4. The molecule has 1 saturated carbocycles. The Labute approximate surface area is 285 Å². The molecule has 4 aromatic rings. The standard InChI is InChI=1S/C34H35ClF2N8O4/c35-27-3-1-2-22(31(27)37)17-39-29(46)19-44(25-9-10-25)30(47)20-45-28-11-8-24(16-26(28)32(41-45)33(38)48)40-34(49)43-14-12-42(13-15-43)18-21-4-6-23(36)7-5-21/h1-8,11,16,25H,9-10,12-15,17-20H2,(H2,38,48)(H,39,46)(H,40,49). The Kier molecular flexibility index (Phi) is 10.1. The van der Waals surface area contributed by atoms with Gasteiger partial charge in [0.15, 0.2) is 5.69 Å². The van der Waals surface area contributed by atoms with E-state index in [2.05, 4.69) is 20.6 Å². The van der Waals surface area contributed by atoms with Crippen LogP contribution in [0.5, 0.6) is 0 Å². The summed E-state index contributed by atoms with van der Waals surface area (Å²) in [7, 11) is 0. The molecule has 5 amide bonds. The number of benzene rings is 3. The molecule has 2 heterocycles. The number of primary amides is 1. The minimum atomic E-state index is -0.802. The third kappa shape index (κ3) is 8.15. The Morgan fingerprint density at radius 1 is 0.980 bits per heavy atom. The third-order valence-electron chi connectivity index (χ3n) is 8.63. The van der Waals surface area contributed by atoms with Gasteiger partial charge in [-0.25, -0.2) is 13.6 Å². The van der Waals surface area contributed by atoms with Crippen molar-refractivity contribution in [3.05, 3.63) is 94.1 Å². The maximum atomic E-state index is 14.2. The molecule has 1 saturated heterocycles. The lowest BCUT2D eigenvalue weighted by molar-refractivity contribution is -0.137. The summed E-state index contributed by atoms with van der Waals surface area (Å²) in [4.78, 5) is 57.0. The van der Waals surface area contributed by atoms with Gasteiger partial charge in [-0.15, -0.1) is 0 Å². The highest BCUT2D eigenvalue weighted by Gasteiger charge is 2.34. The van der Waals surface area contributed by atoms with Crippen LogP contribution in [0.25, 0.3) is 10.9 Å². The fourth-order valence-corrected chi connectivity index (χ4v) is 6.03. The van der Waals surface area contributed by atoms with Crippen LogP contribution in [0.2, 0.25) is 5.02 Å². The lowest BCUT2D eigenvalue weighted by Crippen LogP contribution is -2.49. The number of fused-ring (bicyclic) bond motifs is 1. The van der Waals surface area contributed by atoms with E-state index >= 15 is 0 Å². The fourth-order valence-electron chi connectivity index (χ4n) is 5.83. The second-order valence-electron chi connectivity index (χ2n) is 12.2. The number of piperazine rings is 1. The monoisotopic (exact) mass is 692 g/mol. The van der Waals surface area contributed by atoms with Gasteiger partial charge in [-0.1, -0.05) is 35.9 Å². The summed E-state index contributed by atoms with van der Waals surface area (Å²) >= 11 is 5.83. The van der Waals surface area contributed by atoms with Crippen molar-refractivity contribution in [3.8, 4) is 0 Å². The van der Waals surface area contributed by atoms with Crippen molar-refractivity contribution in [1.29, 1.82) is 0 Å². The van der Waals surface area contributed by atoms with Crippen LogP contribution in [-0.4, -0.2) is 87.0 Å². The Hall–Kier alpha value is -5.08. The molecule has 0 unspecified atom stereocenters. The van der Waals surface area contributed by atoms with E-state index in [0.29, 0.717) is 49.3 Å². The fraction of sp³-hybridized carbons (Fsp3) is 0.324. The quantitative estimate of drug-likeness (QED) is 0.219. The van der Waals surface area contributed by atoms with Crippen LogP contribution in [0.3, 0.4) is 0 Å². The first kappa shape index (κ1) is 33.8. The van der Waals surface area contributed by atoms with E-state index in [4.69, 9.17) is 17.3 Å². The van der Waals surface area contributed by atoms with Gasteiger partial charge in [0.2, 0.25) is 11.8 Å². The van der Waals surface area contributed by atoms with E-state index < -0.39 is 17.6 Å². The molecule has 2 fully saturated rings. The SMILES string of the molecule is NC(=O)c1nn(CC(=O)N(CC(=O)NCc2cccc(Cl)c2F)C2CC2)c2ccc(NC(=O)N3CCN(Cc4ccc(F)cc4)CC3)cc12. The summed E-state index contributed by atoms with van der Waals surface area (Å²) in [5, 5.41) is 10.1. The number of nitrogens with zero attached hydrogens (tertiary/aromatic N) is 5. The largest absolute Gasteiger partial charge is 0.364 e. The molecule has 0 atom stereocenters. The van der Waals surface area contributed by atoms with Crippen molar-refractivity contribution in [2.75, 3.05) is 38.0 Å². The molecule has 12 nitrogen and oxygen atoms in total. The van der Waals surface area contributed by atoms with Gasteiger partial charge in [-0.05, 0) is 54.8 Å². The van der Waals surface area contributed by atoms with Gasteiger partial charge < -0.3 is 26.2 Å². The first-order chi connectivity index (χ1) is 23.5. The maximum absolute atomic E-state index is 14.2. The van der Waals surface area contributed by atoms with E-state index in [1.165, 1.54) is 33.8 Å². The number of nitrogens with two attached hydrogens (primary N) is 1. The Morgan fingerprint density at radius 2 is 1.71 bits per heavy atom. The maximum Gasteiger partial charge on any atom is 0.321 e. The van der Waals surface area contributed by atoms with E-state index in [0.717, 1.165) is 18.4 Å². The number of aromatic nitrogens is 2. The summed E-state index contributed by atoms with van der Waals surface area (Å²) in [6.45, 7) is 2.37. The topological polar surface area (TPSA) is 146 Å². The van der Waals surface area contributed by atoms with Crippen LogP contribution in [0.15, 0.2) is 60.7 Å². The van der Waals surface area contributed by atoms with Crippen LogP contribution in [-0.2, 0) is 29.2 Å². The van der Waals surface area contributed by atoms with Gasteiger partial charge in [-0.3, -0.25) is 24.0 Å². The van der Waals surface area contributed by atoms with E-state index in [1.54, 1.807) is 41.3 Å². The number of carbonyl (C=O) groups excluding carboxylic acids is 4. The van der Waals surface area contributed by atoms with Gasteiger partial charge in [-0.2, -0.15) is 5.10 Å². The van der Waals surface area contributed by atoms with E-state index in [-0.39, 0.29) is 59.7 Å². The van der Waals surface area contributed by atoms with Gasteiger partial charge in [0.05, 0.1) is 17.1 Å². The van der Waals surface area contributed by atoms with Crippen LogP contribution in [0, 0.1) is 11.6 Å². The second-order valence-corrected chi connectivity index (χ2v) is 12.6. The molecule has 15 heteroatoms. The zero-order chi connectivity index (χ0) is 34.7.